The molecule has 2 rings (SSSR count). The van der Waals surface area contributed by atoms with Crippen molar-refractivity contribution in [3.05, 3.63) is 43.7 Å². The minimum atomic E-state index is -1.45. The molecule has 21 heavy (non-hydrogen) atoms. The van der Waals surface area contributed by atoms with E-state index in [1.54, 1.807) is 0 Å². The first-order valence-corrected chi connectivity index (χ1v) is 6.78. The molecule has 1 aromatic carbocycles. The molecule has 0 spiro atoms. The number of nitrogens with zero attached hydrogens (tertiary/aromatic N) is 1. The number of carbonyl (C=O) groups is 1. The normalized spacial score (nSPS) is 10.7. The smallest absolute Gasteiger partial charge is 0.356 e. The number of hydrogen-bond donors (Lipinski definition) is 2. The summed E-state index contributed by atoms with van der Waals surface area (Å²) in [6.07, 6.45) is 0. The highest BCUT2D eigenvalue weighted by molar-refractivity contribution is 6.49. The van der Waals surface area contributed by atoms with Crippen molar-refractivity contribution in [2.24, 2.45) is 0 Å². The number of carboxylic acids is 1. The highest BCUT2D eigenvalue weighted by atomic mass is 35.5. The van der Waals surface area contributed by atoms with E-state index in [0.29, 0.717) is 0 Å². The van der Waals surface area contributed by atoms with Crippen LogP contribution in [0.25, 0.3) is 11.3 Å². The van der Waals surface area contributed by atoms with Crippen molar-refractivity contribution in [2.45, 2.75) is 0 Å². The van der Waals surface area contributed by atoms with Crippen LogP contribution < -0.4 is 5.73 Å². The van der Waals surface area contributed by atoms with E-state index in [2.05, 4.69) is 4.98 Å². The van der Waals surface area contributed by atoms with Crippen LogP contribution >= 0.6 is 46.4 Å². The van der Waals surface area contributed by atoms with E-state index in [9.17, 15) is 9.18 Å². The van der Waals surface area contributed by atoms with Crippen molar-refractivity contribution >= 4 is 58.1 Å². The fourth-order valence-corrected chi connectivity index (χ4v) is 2.42. The monoisotopic (exact) mass is 368 g/mol. The van der Waals surface area contributed by atoms with E-state index in [-0.39, 0.29) is 26.3 Å². The first-order chi connectivity index (χ1) is 9.75. The van der Waals surface area contributed by atoms with Crippen molar-refractivity contribution in [3.8, 4) is 11.3 Å². The van der Waals surface area contributed by atoms with Crippen molar-refractivity contribution in [1.82, 2.24) is 4.98 Å². The fraction of sp³-hybridized carbons (Fsp3) is 0. The molecular weight excluding hydrogens is 365 g/mol. The van der Waals surface area contributed by atoms with Gasteiger partial charge in [0.1, 0.15) is 5.69 Å². The van der Waals surface area contributed by atoms with Crippen LogP contribution in [0.3, 0.4) is 0 Å². The van der Waals surface area contributed by atoms with Crippen molar-refractivity contribution in [3.63, 3.8) is 0 Å². The Hall–Kier alpha value is -1.27. The molecule has 2 aromatic rings. The molecule has 9 heteroatoms. The van der Waals surface area contributed by atoms with Crippen LogP contribution in [0.1, 0.15) is 10.5 Å². The predicted octanol–water partition coefficient (Wildman–Crippen LogP) is 4.78. The Morgan fingerprint density at radius 2 is 1.76 bits per heavy atom. The number of aromatic nitrogens is 1. The lowest BCUT2D eigenvalue weighted by molar-refractivity contribution is 0.0691. The summed E-state index contributed by atoms with van der Waals surface area (Å²) in [5.41, 5.74) is 4.01. The zero-order valence-corrected chi connectivity index (χ0v) is 12.9. The largest absolute Gasteiger partial charge is 0.476 e. The van der Waals surface area contributed by atoms with Gasteiger partial charge in [0.15, 0.2) is 11.5 Å². The number of carboxylic acid groups (broad SMARTS) is 1. The summed E-state index contributed by atoms with van der Waals surface area (Å²) in [5.74, 6) is -2.45. The van der Waals surface area contributed by atoms with E-state index in [1.165, 1.54) is 12.1 Å². The zero-order valence-electron chi connectivity index (χ0n) is 9.92. The molecule has 0 atom stereocenters. The second-order valence-electron chi connectivity index (χ2n) is 3.88. The van der Waals surface area contributed by atoms with E-state index >= 15 is 0 Å². The van der Waals surface area contributed by atoms with Crippen molar-refractivity contribution in [2.75, 3.05) is 5.73 Å². The van der Waals surface area contributed by atoms with Crippen molar-refractivity contribution < 1.29 is 14.3 Å². The Morgan fingerprint density at radius 1 is 1.14 bits per heavy atom. The van der Waals surface area contributed by atoms with Crippen LogP contribution in [0.2, 0.25) is 20.1 Å². The minimum absolute atomic E-state index is 0.0116. The molecule has 0 fully saturated rings. The molecule has 110 valence electrons. The number of nitrogen functional groups attached to an aromatic ring is 1. The van der Waals surface area contributed by atoms with E-state index in [0.717, 1.165) is 0 Å². The summed E-state index contributed by atoms with van der Waals surface area (Å²) >= 11 is 23.3. The molecule has 0 saturated carbocycles. The van der Waals surface area contributed by atoms with Crippen LogP contribution in [-0.4, -0.2) is 16.1 Å². The number of benzene rings is 1. The Kier molecular flexibility index (Phi) is 4.49. The van der Waals surface area contributed by atoms with Crippen LogP contribution in [0.4, 0.5) is 10.1 Å². The Morgan fingerprint density at radius 3 is 2.33 bits per heavy atom. The maximum absolute atomic E-state index is 14.2. The minimum Gasteiger partial charge on any atom is -0.476 e. The maximum atomic E-state index is 14.2. The number of rotatable bonds is 2. The molecule has 3 N–H and O–H groups in total. The lowest BCUT2D eigenvalue weighted by Gasteiger charge is -2.11. The summed E-state index contributed by atoms with van der Waals surface area (Å²) in [4.78, 5) is 14.7. The number of pyridine rings is 1. The average molecular weight is 370 g/mol. The summed E-state index contributed by atoms with van der Waals surface area (Å²) in [6, 6.07) is 2.72. The van der Waals surface area contributed by atoms with Crippen LogP contribution in [0, 0.1) is 5.82 Å². The highest BCUT2D eigenvalue weighted by Crippen LogP contribution is 2.40. The molecular formula is C12H5Cl4FN2O2. The average Bonchev–Trinajstić information content (AvgIpc) is 2.43. The lowest BCUT2D eigenvalue weighted by Crippen LogP contribution is -2.08. The predicted molar refractivity (Wildman–Crippen MR) is 81.0 cm³/mol. The van der Waals surface area contributed by atoms with Gasteiger partial charge in [-0.05, 0) is 12.1 Å². The third-order valence-corrected chi connectivity index (χ3v) is 4.28. The van der Waals surface area contributed by atoms with E-state index in [4.69, 9.17) is 57.2 Å². The van der Waals surface area contributed by atoms with Gasteiger partial charge in [-0.2, -0.15) is 0 Å². The summed E-state index contributed by atoms with van der Waals surface area (Å²) in [6.45, 7) is 0. The SMILES string of the molecule is Nc1c(F)c(-c2ccc(Cl)c(Cl)c2Cl)nc(C(=O)O)c1Cl. The van der Waals surface area contributed by atoms with Gasteiger partial charge in [0.2, 0.25) is 0 Å². The number of hydrogen-bond acceptors (Lipinski definition) is 3. The molecule has 0 radical (unpaired) electrons. The Labute approximate surface area is 138 Å². The first kappa shape index (κ1) is 16.1. The van der Waals surface area contributed by atoms with Gasteiger partial charge in [0.05, 0.1) is 25.8 Å². The van der Waals surface area contributed by atoms with Crippen molar-refractivity contribution in [1.29, 1.82) is 0 Å². The third-order valence-electron chi connectivity index (χ3n) is 2.61. The highest BCUT2D eigenvalue weighted by Gasteiger charge is 2.24. The van der Waals surface area contributed by atoms with Gasteiger partial charge in [0.25, 0.3) is 0 Å². The second-order valence-corrected chi connectivity index (χ2v) is 5.42. The molecule has 0 aliphatic rings. The molecule has 0 unspecified atom stereocenters. The fourth-order valence-electron chi connectivity index (χ4n) is 1.59. The standard InChI is InChI=1S/C12H5Cl4FN2O2/c13-4-2-1-3(5(14)6(4)15)10-8(17)9(18)7(16)11(19-10)12(20)21/h1-2H,(H2,18,19)(H,20,21). The molecule has 0 saturated heterocycles. The number of nitrogens with two attached hydrogens (primary N) is 1. The molecule has 0 aliphatic carbocycles. The van der Waals surface area contributed by atoms with Crippen LogP contribution in [0.15, 0.2) is 12.1 Å². The quantitative estimate of drug-likeness (QED) is 0.746. The van der Waals surface area contributed by atoms with Crippen LogP contribution in [0.5, 0.6) is 0 Å². The molecule has 1 aromatic heterocycles. The molecule has 0 aliphatic heterocycles. The van der Waals surface area contributed by atoms with Gasteiger partial charge >= 0.3 is 5.97 Å². The Bertz CT molecular complexity index is 768. The second kappa shape index (κ2) is 5.85. The van der Waals surface area contributed by atoms with E-state index in [1.807, 2.05) is 0 Å². The van der Waals surface area contributed by atoms with Gasteiger partial charge in [0, 0.05) is 5.56 Å². The molecule has 1 heterocycles. The maximum Gasteiger partial charge on any atom is 0.356 e. The van der Waals surface area contributed by atoms with E-state index < -0.39 is 28.2 Å². The lowest BCUT2D eigenvalue weighted by atomic mass is 10.1. The summed E-state index contributed by atoms with van der Waals surface area (Å²) in [5, 5.41) is 8.60. The van der Waals surface area contributed by atoms with Gasteiger partial charge in [-0.1, -0.05) is 46.4 Å². The van der Waals surface area contributed by atoms with Gasteiger partial charge < -0.3 is 10.8 Å². The number of halogens is 5. The third kappa shape index (κ3) is 2.74. The zero-order chi connectivity index (χ0) is 15.9. The summed E-state index contributed by atoms with van der Waals surface area (Å²) in [7, 11) is 0. The van der Waals surface area contributed by atoms with Gasteiger partial charge in [-0.15, -0.1) is 0 Å². The Balaban J connectivity index is 2.82. The van der Waals surface area contributed by atoms with Crippen LogP contribution in [-0.2, 0) is 0 Å². The van der Waals surface area contributed by atoms with Gasteiger partial charge in [-0.25, -0.2) is 14.2 Å². The number of aromatic carboxylic acids is 1. The van der Waals surface area contributed by atoms with Gasteiger partial charge in [-0.3, -0.25) is 0 Å². The first-order valence-electron chi connectivity index (χ1n) is 5.27. The molecule has 0 amide bonds. The summed E-state index contributed by atoms with van der Waals surface area (Å²) < 4.78 is 14.2. The molecule has 0 bridgehead atoms. The topological polar surface area (TPSA) is 76.2 Å². The molecule has 4 nitrogen and oxygen atoms in total. The number of anilines is 1.